The molecule has 0 saturated heterocycles. The molecule has 0 radical (unpaired) electrons. The Hall–Kier alpha value is -2.96. The van der Waals surface area contributed by atoms with Crippen molar-refractivity contribution in [3.05, 3.63) is 42.6 Å². The van der Waals surface area contributed by atoms with Crippen molar-refractivity contribution in [3.8, 4) is 17.1 Å². The molecule has 0 unspecified atom stereocenters. The summed E-state index contributed by atoms with van der Waals surface area (Å²) in [5, 5.41) is 0. The first kappa shape index (κ1) is 11.8. The lowest BCUT2D eigenvalue weighted by molar-refractivity contribution is 0.397. The number of aromatic nitrogens is 4. The van der Waals surface area contributed by atoms with Crippen LogP contribution in [0.15, 0.2) is 41.1 Å². The second-order valence-electron chi connectivity index (χ2n) is 4.43. The Morgan fingerprint density at radius 2 is 2.10 bits per heavy atom. The lowest BCUT2D eigenvalue weighted by atomic mass is 10.2. The van der Waals surface area contributed by atoms with Gasteiger partial charge in [0, 0.05) is 24.0 Å². The SMILES string of the molecule is COc1ccc2c(n1)oc1nc(-c3ccc(F)nc3)cn12. The van der Waals surface area contributed by atoms with Crippen LogP contribution in [0.1, 0.15) is 0 Å². The first-order valence-corrected chi connectivity index (χ1v) is 6.19. The van der Waals surface area contributed by atoms with E-state index in [1.807, 2.05) is 6.07 Å². The van der Waals surface area contributed by atoms with Crippen molar-refractivity contribution in [2.75, 3.05) is 7.11 Å². The zero-order valence-corrected chi connectivity index (χ0v) is 10.9. The maximum atomic E-state index is 12.9. The molecule has 4 heterocycles. The van der Waals surface area contributed by atoms with Crippen molar-refractivity contribution in [1.29, 1.82) is 0 Å². The van der Waals surface area contributed by atoms with Crippen LogP contribution < -0.4 is 4.74 Å². The molecule has 4 aromatic rings. The molecule has 6 nitrogen and oxygen atoms in total. The van der Waals surface area contributed by atoms with Gasteiger partial charge >= 0.3 is 5.84 Å². The van der Waals surface area contributed by atoms with Gasteiger partial charge in [0.2, 0.25) is 11.8 Å². The second kappa shape index (κ2) is 4.27. The molecule has 0 aliphatic rings. The summed E-state index contributed by atoms with van der Waals surface area (Å²) >= 11 is 0. The van der Waals surface area contributed by atoms with Crippen molar-refractivity contribution < 1.29 is 13.5 Å². The number of fused-ring (bicyclic) bond motifs is 3. The molecular formula is C14H9FN4O2. The van der Waals surface area contributed by atoms with E-state index in [-0.39, 0.29) is 0 Å². The van der Waals surface area contributed by atoms with Gasteiger partial charge in [-0.2, -0.15) is 14.4 Å². The topological polar surface area (TPSA) is 65.5 Å². The summed E-state index contributed by atoms with van der Waals surface area (Å²) in [7, 11) is 1.54. The molecule has 4 aromatic heterocycles. The molecule has 0 N–H and O–H groups in total. The number of methoxy groups -OCH3 is 1. The van der Waals surface area contributed by atoms with Gasteiger partial charge < -0.3 is 9.15 Å². The normalized spacial score (nSPS) is 11.3. The molecular weight excluding hydrogens is 275 g/mol. The Balaban J connectivity index is 1.88. The summed E-state index contributed by atoms with van der Waals surface area (Å²) in [6.07, 6.45) is 3.23. The summed E-state index contributed by atoms with van der Waals surface area (Å²) in [6, 6.07) is 6.50. The van der Waals surface area contributed by atoms with Gasteiger partial charge in [-0.3, -0.25) is 4.40 Å². The van der Waals surface area contributed by atoms with Gasteiger partial charge in [-0.25, -0.2) is 4.98 Å². The Morgan fingerprint density at radius 1 is 1.19 bits per heavy atom. The summed E-state index contributed by atoms with van der Waals surface area (Å²) in [5.74, 6) is 0.357. The summed E-state index contributed by atoms with van der Waals surface area (Å²) in [6.45, 7) is 0. The van der Waals surface area contributed by atoms with E-state index in [4.69, 9.17) is 9.15 Å². The third-order valence-electron chi connectivity index (χ3n) is 3.17. The third-order valence-corrected chi connectivity index (χ3v) is 3.17. The minimum Gasteiger partial charge on any atom is -0.481 e. The molecule has 21 heavy (non-hydrogen) atoms. The largest absolute Gasteiger partial charge is 0.481 e. The third kappa shape index (κ3) is 1.82. The molecule has 0 amide bonds. The van der Waals surface area contributed by atoms with Crippen molar-refractivity contribution in [2.45, 2.75) is 0 Å². The smallest absolute Gasteiger partial charge is 0.308 e. The van der Waals surface area contributed by atoms with Crippen molar-refractivity contribution in [3.63, 3.8) is 0 Å². The van der Waals surface area contributed by atoms with E-state index in [9.17, 15) is 4.39 Å². The fraction of sp³-hybridized carbons (Fsp3) is 0.0714. The fourth-order valence-corrected chi connectivity index (χ4v) is 2.15. The molecule has 0 aliphatic heterocycles. The number of hydrogen-bond donors (Lipinski definition) is 0. The molecule has 0 fully saturated rings. The van der Waals surface area contributed by atoms with E-state index in [2.05, 4.69) is 15.0 Å². The minimum absolute atomic E-state index is 0.407. The van der Waals surface area contributed by atoms with E-state index in [0.717, 1.165) is 5.52 Å². The van der Waals surface area contributed by atoms with Crippen molar-refractivity contribution in [1.82, 2.24) is 19.4 Å². The number of halogens is 1. The number of hydrogen-bond acceptors (Lipinski definition) is 5. The molecule has 0 spiro atoms. The van der Waals surface area contributed by atoms with E-state index in [1.54, 1.807) is 29.8 Å². The second-order valence-corrected chi connectivity index (χ2v) is 4.43. The molecule has 104 valence electrons. The van der Waals surface area contributed by atoms with Crippen LogP contribution in [0, 0.1) is 5.95 Å². The van der Waals surface area contributed by atoms with Crippen LogP contribution in [0.2, 0.25) is 0 Å². The first-order valence-electron chi connectivity index (χ1n) is 6.19. The van der Waals surface area contributed by atoms with Crippen LogP contribution in [-0.4, -0.2) is 26.5 Å². The Bertz CT molecular complexity index is 943. The summed E-state index contributed by atoms with van der Waals surface area (Å²) in [5.41, 5.74) is 2.59. The Labute approximate surface area is 117 Å². The van der Waals surface area contributed by atoms with Crippen LogP contribution in [0.5, 0.6) is 5.88 Å². The average Bonchev–Trinajstić information content (AvgIpc) is 3.04. The monoisotopic (exact) mass is 284 g/mol. The van der Waals surface area contributed by atoms with Crippen LogP contribution >= 0.6 is 0 Å². The van der Waals surface area contributed by atoms with E-state index in [0.29, 0.717) is 28.7 Å². The summed E-state index contributed by atoms with van der Waals surface area (Å²) in [4.78, 5) is 12.2. The van der Waals surface area contributed by atoms with Gasteiger partial charge in [0.25, 0.3) is 5.71 Å². The van der Waals surface area contributed by atoms with E-state index >= 15 is 0 Å². The fourth-order valence-electron chi connectivity index (χ4n) is 2.15. The van der Waals surface area contributed by atoms with Crippen molar-refractivity contribution in [2.24, 2.45) is 0 Å². The van der Waals surface area contributed by atoms with Crippen LogP contribution in [-0.2, 0) is 0 Å². The average molecular weight is 284 g/mol. The van der Waals surface area contributed by atoms with Gasteiger partial charge in [0.1, 0.15) is 5.52 Å². The predicted molar refractivity (Wildman–Crippen MR) is 72.5 cm³/mol. The minimum atomic E-state index is -0.525. The van der Waals surface area contributed by atoms with Crippen LogP contribution in [0.4, 0.5) is 4.39 Å². The highest BCUT2D eigenvalue weighted by molar-refractivity contribution is 5.75. The van der Waals surface area contributed by atoms with Gasteiger partial charge in [-0.1, -0.05) is 0 Å². The van der Waals surface area contributed by atoms with Crippen LogP contribution in [0.3, 0.4) is 0 Å². The number of oxazole rings is 1. The van der Waals surface area contributed by atoms with Gasteiger partial charge in [-0.15, -0.1) is 0 Å². The van der Waals surface area contributed by atoms with Crippen molar-refractivity contribution >= 4 is 17.1 Å². The number of pyridine rings is 2. The van der Waals surface area contributed by atoms with Gasteiger partial charge in [0.15, 0.2) is 0 Å². The highest BCUT2D eigenvalue weighted by Crippen LogP contribution is 2.25. The molecule has 4 rings (SSSR count). The number of rotatable bonds is 2. The Kier molecular flexibility index (Phi) is 2.41. The molecule has 7 heteroatoms. The first-order chi connectivity index (χ1) is 10.2. The highest BCUT2D eigenvalue weighted by Gasteiger charge is 2.13. The number of imidazole rings is 1. The lowest BCUT2D eigenvalue weighted by Crippen LogP contribution is -1.87. The van der Waals surface area contributed by atoms with E-state index in [1.165, 1.54) is 12.3 Å². The zero-order chi connectivity index (χ0) is 14.4. The van der Waals surface area contributed by atoms with E-state index < -0.39 is 5.95 Å². The van der Waals surface area contributed by atoms with Crippen LogP contribution in [0.25, 0.3) is 28.3 Å². The molecule has 0 aromatic carbocycles. The molecule has 0 aliphatic carbocycles. The zero-order valence-electron chi connectivity index (χ0n) is 10.9. The van der Waals surface area contributed by atoms with Gasteiger partial charge in [-0.05, 0) is 18.2 Å². The maximum Gasteiger partial charge on any atom is 0.308 e. The predicted octanol–water partition coefficient (Wildman–Crippen LogP) is 2.69. The molecule has 0 bridgehead atoms. The quantitative estimate of drug-likeness (QED) is 0.529. The number of nitrogens with zero attached hydrogens (tertiary/aromatic N) is 4. The lowest BCUT2D eigenvalue weighted by Gasteiger charge is -1.96. The van der Waals surface area contributed by atoms with Gasteiger partial charge in [0.05, 0.1) is 12.8 Å². The Morgan fingerprint density at radius 3 is 2.86 bits per heavy atom. The highest BCUT2D eigenvalue weighted by atomic mass is 19.1. The standard InChI is InChI=1S/C14H9FN4O2/c1-20-12-5-3-10-13(18-12)21-14-17-9(7-19(10)14)8-2-4-11(15)16-6-8/h2-7H,1H3. The molecule has 0 atom stereocenters. The molecule has 0 saturated carbocycles. The maximum absolute atomic E-state index is 12.9. The number of ether oxygens (including phenoxy) is 1. The summed E-state index contributed by atoms with van der Waals surface area (Å²) < 4.78 is 25.3.